The highest BCUT2D eigenvalue weighted by molar-refractivity contribution is 7.89. The Kier molecular flexibility index (Phi) is 7.07. The fourth-order valence-corrected chi connectivity index (χ4v) is 5.31. The molecule has 0 bridgehead atoms. The third-order valence-corrected chi connectivity index (χ3v) is 7.07. The first-order chi connectivity index (χ1) is 12.2. The van der Waals surface area contributed by atoms with Crippen LogP contribution in [-0.4, -0.2) is 69.3 Å². The van der Waals surface area contributed by atoms with Crippen molar-refractivity contribution in [1.82, 2.24) is 9.21 Å². The van der Waals surface area contributed by atoms with E-state index in [0.29, 0.717) is 38.2 Å². The smallest absolute Gasteiger partial charge is 0.214 e. The summed E-state index contributed by atoms with van der Waals surface area (Å²) in [5, 5.41) is 11.5. The Morgan fingerprint density at radius 2 is 2.12 bits per heavy atom. The van der Waals surface area contributed by atoms with E-state index in [1.807, 2.05) is 50.2 Å². The topological polar surface area (TPSA) is 70.1 Å². The van der Waals surface area contributed by atoms with E-state index in [0.717, 1.165) is 12.0 Å². The molecule has 148 valence electrons. The van der Waals surface area contributed by atoms with Gasteiger partial charge in [0, 0.05) is 25.6 Å². The quantitative estimate of drug-likeness (QED) is 0.741. The van der Waals surface area contributed by atoms with E-state index in [1.54, 1.807) is 11.4 Å². The zero-order valence-corrected chi connectivity index (χ0v) is 17.1. The summed E-state index contributed by atoms with van der Waals surface area (Å²) in [5.74, 6) is 0.655. The van der Waals surface area contributed by atoms with E-state index in [9.17, 15) is 13.5 Å². The number of methoxy groups -OCH3 is 1. The molecule has 0 aromatic heterocycles. The first kappa shape index (κ1) is 21.2. The zero-order chi connectivity index (χ0) is 19.4. The van der Waals surface area contributed by atoms with Crippen LogP contribution in [0, 0.1) is 5.92 Å². The molecule has 6 nitrogen and oxygen atoms in total. The van der Waals surface area contributed by atoms with E-state index in [-0.39, 0.29) is 11.7 Å². The van der Waals surface area contributed by atoms with Crippen LogP contribution < -0.4 is 4.74 Å². The van der Waals surface area contributed by atoms with Crippen LogP contribution in [0.4, 0.5) is 0 Å². The molecule has 1 heterocycles. The minimum Gasteiger partial charge on any atom is -0.497 e. The Morgan fingerprint density at radius 1 is 1.38 bits per heavy atom. The van der Waals surface area contributed by atoms with Gasteiger partial charge >= 0.3 is 0 Å². The van der Waals surface area contributed by atoms with Crippen molar-refractivity contribution in [2.45, 2.75) is 31.8 Å². The van der Waals surface area contributed by atoms with Crippen molar-refractivity contribution < 1.29 is 18.3 Å². The molecule has 1 aliphatic heterocycles. The van der Waals surface area contributed by atoms with Crippen molar-refractivity contribution in [1.29, 1.82) is 0 Å². The van der Waals surface area contributed by atoms with Crippen LogP contribution in [0.1, 0.15) is 31.7 Å². The number of ether oxygens (including phenoxy) is 1. The van der Waals surface area contributed by atoms with Gasteiger partial charge in [-0.25, -0.2) is 12.7 Å². The number of nitrogens with zero attached hydrogens (tertiary/aromatic N) is 2. The summed E-state index contributed by atoms with van der Waals surface area (Å²) in [6, 6.07) is 7.46. The molecule has 0 spiro atoms. The lowest BCUT2D eigenvalue weighted by molar-refractivity contribution is -0.0698. The Morgan fingerprint density at radius 3 is 2.73 bits per heavy atom. The molecule has 1 N–H and O–H groups in total. The average molecular weight is 385 g/mol. The van der Waals surface area contributed by atoms with Crippen molar-refractivity contribution in [3.8, 4) is 5.75 Å². The van der Waals surface area contributed by atoms with Gasteiger partial charge in [0.1, 0.15) is 5.75 Å². The SMILES string of the molecule is CCCCS(=O)(=O)N1CCC(O)(c2cccc(OC)c2)C(CN(C)C)C1. The van der Waals surface area contributed by atoms with Crippen molar-refractivity contribution in [2.75, 3.05) is 46.6 Å². The molecule has 1 saturated heterocycles. The minimum absolute atomic E-state index is 0.176. The van der Waals surface area contributed by atoms with Gasteiger partial charge < -0.3 is 14.7 Å². The molecule has 1 aromatic carbocycles. The number of piperidine rings is 1. The van der Waals surface area contributed by atoms with E-state index in [2.05, 4.69) is 0 Å². The third-order valence-electron chi connectivity index (χ3n) is 5.15. The van der Waals surface area contributed by atoms with Gasteiger partial charge in [-0.05, 0) is 44.6 Å². The average Bonchev–Trinajstić information content (AvgIpc) is 2.61. The Balaban J connectivity index is 2.30. The summed E-state index contributed by atoms with van der Waals surface area (Å²) in [5.41, 5.74) is -0.287. The van der Waals surface area contributed by atoms with E-state index in [1.165, 1.54) is 0 Å². The molecule has 7 heteroatoms. The highest BCUT2D eigenvalue weighted by Crippen LogP contribution is 2.39. The second-order valence-corrected chi connectivity index (χ2v) is 9.48. The molecule has 26 heavy (non-hydrogen) atoms. The largest absolute Gasteiger partial charge is 0.497 e. The number of rotatable bonds is 8. The monoisotopic (exact) mass is 384 g/mol. The fourth-order valence-electron chi connectivity index (χ4n) is 3.62. The van der Waals surface area contributed by atoms with E-state index >= 15 is 0 Å². The predicted octanol–water partition coefficient (Wildman–Crippen LogP) is 1.90. The number of benzene rings is 1. The molecule has 2 unspecified atom stereocenters. The lowest BCUT2D eigenvalue weighted by Gasteiger charge is -2.45. The molecule has 0 radical (unpaired) electrons. The third kappa shape index (κ3) is 4.76. The maximum atomic E-state index is 12.6. The van der Waals surface area contributed by atoms with Crippen molar-refractivity contribution in [3.05, 3.63) is 29.8 Å². The molecular formula is C19H32N2O4S. The van der Waals surface area contributed by atoms with Gasteiger partial charge in [-0.1, -0.05) is 25.5 Å². The maximum absolute atomic E-state index is 12.6. The summed E-state index contributed by atoms with van der Waals surface area (Å²) in [7, 11) is 2.20. The van der Waals surface area contributed by atoms with Crippen molar-refractivity contribution in [3.63, 3.8) is 0 Å². The Labute approximate surface area is 157 Å². The molecule has 0 aliphatic carbocycles. The summed E-state index contributed by atoms with van der Waals surface area (Å²) < 4.78 is 32.1. The first-order valence-corrected chi connectivity index (χ1v) is 10.8. The van der Waals surface area contributed by atoms with Crippen LogP contribution in [0.3, 0.4) is 0 Å². The molecule has 0 saturated carbocycles. The second-order valence-electron chi connectivity index (χ2n) is 7.39. The van der Waals surface area contributed by atoms with Crippen molar-refractivity contribution in [2.24, 2.45) is 5.92 Å². The van der Waals surface area contributed by atoms with Gasteiger partial charge in [-0.15, -0.1) is 0 Å². The molecule has 1 aromatic rings. The Bertz CT molecular complexity index is 693. The van der Waals surface area contributed by atoms with Gasteiger partial charge in [-0.3, -0.25) is 0 Å². The van der Waals surface area contributed by atoms with Gasteiger partial charge in [0.25, 0.3) is 0 Å². The van der Waals surface area contributed by atoms with Crippen LogP contribution in [0.15, 0.2) is 24.3 Å². The zero-order valence-electron chi connectivity index (χ0n) is 16.3. The van der Waals surface area contributed by atoms with Crippen LogP contribution in [0.25, 0.3) is 0 Å². The van der Waals surface area contributed by atoms with Gasteiger partial charge in [0.05, 0.1) is 18.5 Å². The lowest BCUT2D eigenvalue weighted by atomic mass is 9.76. The molecule has 2 atom stereocenters. The summed E-state index contributed by atoms with van der Waals surface area (Å²) >= 11 is 0. The number of aliphatic hydroxyl groups is 1. The molecular weight excluding hydrogens is 352 g/mol. The number of hydrogen-bond acceptors (Lipinski definition) is 5. The number of sulfonamides is 1. The maximum Gasteiger partial charge on any atom is 0.214 e. The Hall–Kier alpha value is -1.15. The van der Waals surface area contributed by atoms with Crippen LogP contribution in [0.5, 0.6) is 5.75 Å². The minimum atomic E-state index is -3.28. The molecule has 0 amide bonds. The van der Waals surface area contributed by atoms with Crippen LogP contribution in [0.2, 0.25) is 0 Å². The first-order valence-electron chi connectivity index (χ1n) is 9.22. The van der Waals surface area contributed by atoms with Crippen LogP contribution in [-0.2, 0) is 15.6 Å². The molecule has 1 fully saturated rings. The highest BCUT2D eigenvalue weighted by Gasteiger charge is 2.45. The highest BCUT2D eigenvalue weighted by atomic mass is 32.2. The van der Waals surface area contributed by atoms with Gasteiger partial charge in [-0.2, -0.15) is 0 Å². The standard InChI is InChI=1S/C19H32N2O4S/c1-5-6-12-26(23,24)21-11-10-19(22,17(15-21)14-20(2)3)16-8-7-9-18(13-16)25-4/h7-9,13,17,22H,5-6,10-12,14-15H2,1-4H3. The van der Waals surface area contributed by atoms with E-state index < -0.39 is 15.6 Å². The lowest BCUT2D eigenvalue weighted by Crippen LogP contribution is -2.54. The number of hydrogen-bond donors (Lipinski definition) is 1. The van der Waals surface area contributed by atoms with E-state index in [4.69, 9.17) is 4.74 Å². The summed E-state index contributed by atoms with van der Waals surface area (Å²) in [6.07, 6.45) is 1.89. The van der Waals surface area contributed by atoms with Crippen LogP contribution >= 0.6 is 0 Å². The molecule has 2 rings (SSSR count). The van der Waals surface area contributed by atoms with Gasteiger partial charge in [0.15, 0.2) is 0 Å². The molecule has 1 aliphatic rings. The normalized spacial score (nSPS) is 24.8. The van der Waals surface area contributed by atoms with Gasteiger partial charge in [0.2, 0.25) is 10.0 Å². The fraction of sp³-hybridized carbons (Fsp3) is 0.684. The summed E-state index contributed by atoms with van der Waals surface area (Å²) in [6.45, 7) is 3.26. The number of unbranched alkanes of at least 4 members (excludes halogenated alkanes) is 1. The summed E-state index contributed by atoms with van der Waals surface area (Å²) in [4.78, 5) is 2.00. The second kappa shape index (κ2) is 8.69. The van der Waals surface area contributed by atoms with Crippen molar-refractivity contribution >= 4 is 10.0 Å². The predicted molar refractivity (Wildman–Crippen MR) is 104 cm³/mol.